The van der Waals surface area contributed by atoms with E-state index in [1.54, 1.807) is 11.8 Å². The fourth-order valence-electron chi connectivity index (χ4n) is 2.81. The second-order valence-electron chi connectivity index (χ2n) is 5.63. The van der Waals surface area contributed by atoms with Gasteiger partial charge in [0.05, 0.1) is 18.5 Å². The van der Waals surface area contributed by atoms with Gasteiger partial charge in [0, 0.05) is 25.0 Å². The van der Waals surface area contributed by atoms with Gasteiger partial charge in [-0.2, -0.15) is 0 Å². The van der Waals surface area contributed by atoms with Gasteiger partial charge in [0.15, 0.2) is 0 Å². The van der Waals surface area contributed by atoms with Gasteiger partial charge in [0.25, 0.3) is 12.0 Å². The highest BCUT2D eigenvalue weighted by Gasteiger charge is 2.24. The van der Waals surface area contributed by atoms with Crippen molar-refractivity contribution in [3.05, 3.63) is 31.3 Å². The summed E-state index contributed by atoms with van der Waals surface area (Å²) in [6.07, 6.45) is -2.79. The molecule has 0 radical (unpaired) electrons. The lowest BCUT2D eigenvalue weighted by molar-refractivity contribution is 0.123. The highest BCUT2D eigenvalue weighted by atomic mass is 32.1. The zero-order chi connectivity index (χ0) is 17.6. The molecule has 10 heteroatoms. The number of thiophene rings is 1. The fourth-order valence-corrected chi connectivity index (χ4v) is 4.07. The number of nitrogens with zero attached hydrogens (tertiary/aromatic N) is 3. The third-order valence-electron chi connectivity index (χ3n) is 4.11. The Balaban J connectivity index is 2.15. The number of hydrogen-bond acceptors (Lipinski definition) is 4. The standard InChI is InChI=1S/C14H16F2N4O3S/c1-7-8(5-19-4-3-17-13(19)22)24-12-10(7)11(21)20(6-9(15)16)14(23)18(12)2/h9H,3-6H2,1-2H3,(H,17,22). The molecule has 0 saturated carbocycles. The Morgan fingerprint density at radius 1 is 1.29 bits per heavy atom. The van der Waals surface area contributed by atoms with Crippen molar-refractivity contribution < 1.29 is 13.6 Å². The molecule has 2 amide bonds. The van der Waals surface area contributed by atoms with E-state index in [9.17, 15) is 23.2 Å². The number of hydrogen-bond donors (Lipinski definition) is 1. The Hall–Kier alpha value is -2.23. The summed E-state index contributed by atoms with van der Waals surface area (Å²) < 4.78 is 27.1. The third kappa shape index (κ3) is 2.60. The number of carbonyl (C=O) groups excluding carboxylic acids is 1. The van der Waals surface area contributed by atoms with Crippen LogP contribution in [0.5, 0.6) is 0 Å². The largest absolute Gasteiger partial charge is 0.336 e. The molecule has 24 heavy (non-hydrogen) atoms. The molecule has 2 aromatic heterocycles. The van der Waals surface area contributed by atoms with E-state index >= 15 is 0 Å². The van der Waals surface area contributed by atoms with Gasteiger partial charge in [0.2, 0.25) is 0 Å². The molecule has 130 valence electrons. The zero-order valence-corrected chi connectivity index (χ0v) is 14.0. The summed E-state index contributed by atoms with van der Waals surface area (Å²) in [4.78, 5) is 39.2. The lowest BCUT2D eigenvalue weighted by Crippen LogP contribution is -2.40. The van der Waals surface area contributed by atoms with Crippen LogP contribution in [0.3, 0.4) is 0 Å². The number of carbonyl (C=O) groups is 1. The maximum atomic E-state index is 12.7. The molecule has 7 nitrogen and oxygen atoms in total. The first-order chi connectivity index (χ1) is 11.3. The zero-order valence-electron chi connectivity index (χ0n) is 13.1. The molecule has 1 N–H and O–H groups in total. The van der Waals surface area contributed by atoms with Crippen molar-refractivity contribution >= 4 is 27.6 Å². The quantitative estimate of drug-likeness (QED) is 0.881. The average Bonchev–Trinajstić information content (AvgIpc) is 3.06. The number of fused-ring (bicyclic) bond motifs is 1. The number of amides is 2. The minimum atomic E-state index is -2.79. The third-order valence-corrected chi connectivity index (χ3v) is 5.46. The summed E-state index contributed by atoms with van der Waals surface area (Å²) in [6, 6.07) is -0.184. The molecule has 0 atom stereocenters. The van der Waals surface area contributed by atoms with Gasteiger partial charge >= 0.3 is 11.7 Å². The van der Waals surface area contributed by atoms with Crippen molar-refractivity contribution in [3.8, 4) is 0 Å². The Morgan fingerprint density at radius 2 is 2.00 bits per heavy atom. The molecule has 3 heterocycles. The number of aromatic nitrogens is 2. The van der Waals surface area contributed by atoms with Crippen molar-refractivity contribution in [2.75, 3.05) is 13.1 Å². The predicted molar refractivity (Wildman–Crippen MR) is 85.9 cm³/mol. The van der Waals surface area contributed by atoms with Gasteiger partial charge in [-0.25, -0.2) is 18.4 Å². The van der Waals surface area contributed by atoms with Gasteiger partial charge in [-0.05, 0) is 12.5 Å². The highest BCUT2D eigenvalue weighted by molar-refractivity contribution is 7.18. The normalized spacial score (nSPS) is 14.9. The van der Waals surface area contributed by atoms with Crippen LogP contribution in [-0.4, -0.2) is 39.6 Å². The van der Waals surface area contributed by atoms with E-state index in [-0.39, 0.29) is 11.4 Å². The van der Waals surface area contributed by atoms with E-state index < -0.39 is 24.2 Å². The second kappa shape index (κ2) is 6.00. The molecule has 0 bridgehead atoms. The second-order valence-corrected chi connectivity index (χ2v) is 6.72. The smallest absolute Gasteiger partial charge is 0.332 e. The van der Waals surface area contributed by atoms with Crippen molar-refractivity contribution in [1.82, 2.24) is 19.4 Å². The Bertz CT molecular complexity index is 931. The number of alkyl halides is 2. The first kappa shape index (κ1) is 16.6. The van der Waals surface area contributed by atoms with Crippen LogP contribution in [0.2, 0.25) is 0 Å². The van der Waals surface area contributed by atoms with Crippen molar-refractivity contribution in [2.45, 2.75) is 26.4 Å². The van der Waals surface area contributed by atoms with E-state index in [1.165, 1.54) is 23.0 Å². The summed E-state index contributed by atoms with van der Waals surface area (Å²) >= 11 is 1.24. The van der Waals surface area contributed by atoms with E-state index in [0.717, 1.165) is 4.88 Å². The topological polar surface area (TPSA) is 76.3 Å². The molecule has 0 aromatic carbocycles. The maximum Gasteiger partial charge on any atom is 0.332 e. The van der Waals surface area contributed by atoms with Crippen molar-refractivity contribution in [1.29, 1.82) is 0 Å². The van der Waals surface area contributed by atoms with E-state index in [2.05, 4.69) is 5.32 Å². The molecule has 1 saturated heterocycles. The summed E-state index contributed by atoms with van der Waals surface area (Å²) in [6.45, 7) is 2.21. The molecular weight excluding hydrogens is 342 g/mol. The van der Waals surface area contributed by atoms with Crippen LogP contribution in [0.1, 0.15) is 10.4 Å². The molecule has 0 aliphatic carbocycles. The fraction of sp³-hybridized carbons (Fsp3) is 0.500. The number of aryl methyl sites for hydroxylation is 2. The van der Waals surface area contributed by atoms with Crippen LogP contribution in [-0.2, 0) is 20.1 Å². The summed E-state index contributed by atoms with van der Waals surface area (Å²) in [7, 11) is 1.45. The number of nitrogens with one attached hydrogen (secondary N) is 1. The predicted octanol–water partition coefficient (Wildman–Crippen LogP) is 0.860. The summed E-state index contributed by atoms with van der Waals surface area (Å²) in [5.41, 5.74) is -0.850. The van der Waals surface area contributed by atoms with Gasteiger partial charge in [-0.1, -0.05) is 0 Å². The van der Waals surface area contributed by atoms with Gasteiger partial charge < -0.3 is 10.2 Å². The lowest BCUT2D eigenvalue weighted by atomic mass is 10.2. The van der Waals surface area contributed by atoms with Gasteiger partial charge in [-0.15, -0.1) is 11.3 Å². The van der Waals surface area contributed by atoms with Crippen LogP contribution < -0.4 is 16.6 Å². The Labute approximate surface area is 139 Å². The molecule has 1 fully saturated rings. The van der Waals surface area contributed by atoms with E-state index in [4.69, 9.17) is 0 Å². The highest BCUT2D eigenvalue weighted by Crippen LogP contribution is 2.28. The number of urea groups is 1. The maximum absolute atomic E-state index is 12.7. The molecule has 1 aliphatic rings. The summed E-state index contributed by atoms with van der Waals surface area (Å²) in [5, 5.41) is 2.95. The number of halogens is 2. The van der Waals surface area contributed by atoms with Crippen LogP contribution >= 0.6 is 11.3 Å². The van der Waals surface area contributed by atoms with Crippen molar-refractivity contribution in [2.24, 2.45) is 7.05 Å². The molecular formula is C14H16F2N4O3S. The Kier molecular flexibility index (Phi) is 4.16. The van der Waals surface area contributed by atoms with E-state index in [1.807, 2.05) is 0 Å². The number of rotatable bonds is 4. The molecule has 3 rings (SSSR count). The monoisotopic (exact) mass is 358 g/mol. The van der Waals surface area contributed by atoms with Crippen LogP contribution in [0.25, 0.3) is 10.2 Å². The minimum Gasteiger partial charge on any atom is -0.336 e. The van der Waals surface area contributed by atoms with Crippen LogP contribution in [0, 0.1) is 6.92 Å². The average molecular weight is 358 g/mol. The van der Waals surface area contributed by atoms with E-state index in [0.29, 0.717) is 34.6 Å². The molecule has 1 aliphatic heterocycles. The molecule has 2 aromatic rings. The lowest BCUT2D eigenvalue weighted by Gasteiger charge is -2.12. The van der Waals surface area contributed by atoms with Crippen LogP contribution in [0.15, 0.2) is 9.59 Å². The SMILES string of the molecule is Cc1c(CN2CCNC2=O)sc2c1c(=O)n(CC(F)F)c(=O)n2C. The molecule has 0 spiro atoms. The van der Waals surface area contributed by atoms with Crippen molar-refractivity contribution in [3.63, 3.8) is 0 Å². The molecule has 0 unspecified atom stereocenters. The van der Waals surface area contributed by atoms with Gasteiger partial charge in [0.1, 0.15) is 4.83 Å². The first-order valence-electron chi connectivity index (χ1n) is 7.34. The van der Waals surface area contributed by atoms with Crippen LogP contribution in [0.4, 0.5) is 13.6 Å². The minimum absolute atomic E-state index is 0.184. The van der Waals surface area contributed by atoms with Gasteiger partial charge in [-0.3, -0.25) is 13.9 Å². The first-order valence-corrected chi connectivity index (χ1v) is 8.15. The summed E-state index contributed by atoms with van der Waals surface area (Å²) in [5.74, 6) is 0. The Morgan fingerprint density at radius 3 is 2.58 bits per heavy atom.